The van der Waals surface area contributed by atoms with Gasteiger partial charge in [0.2, 0.25) is 0 Å². The van der Waals surface area contributed by atoms with Gasteiger partial charge in [0.15, 0.2) is 0 Å². The van der Waals surface area contributed by atoms with E-state index < -0.39 is 0 Å². The van der Waals surface area contributed by atoms with Gasteiger partial charge in [-0.3, -0.25) is 0 Å². The van der Waals surface area contributed by atoms with Crippen LogP contribution < -0.4 is 0 Å². The average molecular weight is 147 g/mol. The maximum atomic E-state index is 2.08. The molecule has 0 amide bonds. The molecule has 58 valence electrons. The molecule has 0 bridgehead atoms. The maximum Gasteiger partial charge on any atom is 0.00556 e. The van der Waals surface area contributed by atoms with E-state index in [9.17, 15) is 0 Å². The Morgan fingerprint density at radius 3 is 2.27 bits per heavy atom. The fraction of sp³-hybridized carbons (Fsp3) is 0.200. The van der Waals surface area contributed by atoms with E-state index in [0.717, 1.165) is 0 Å². The quantitative estimate of drug-likeness (QED) is 0.620. The van der Waals surface area contributed by atoms with Crippen molar-refractivity contribution in [3.05, 3.63) is 42.1 Å². The number of rotatable bonds is 2. The van der Waals surface area contributed by atoms with Crippen LogP contribution in [0.3, 0.4) is 0 Å². The van der Waals surface area contributed by atoms with E-state index in [0.29, 0.717) is 0 Å². The number of benzene rings is 1. The van der Waals surface area contributed by atoms with Crippen molar-refractivity contribution < 1.29 is 0 Å². The van der Waals surface area contributed by atoms with Gasteiger partial charge in [-0.1, -0.05) is 30.3 Å². The second kappa shape index (κ2) is 3.81. The van der Waals surface area contributed by atoms with E-state index >= 15 is 0 Å². The Morgan fingerprint density at radius 1 is 1.09 bits per heavy atom. The van der Waals surface area contributed by atoms with Gasteiger partial charge in [-0.2, -0.15) is 0 Å². The van der Waals surface area contributed by atoms with Gasteiger partial charge >= 0.3 is 0 Å². The van der Waals surface area contributed by atoms with Crippen molar-refractivity contribution in [1.29, 1.82) is 0 Å². The Balaban J connectivity index is 2.65. The molecule has 1 heteroatoms. The molecule has 0 saturated heterocycles. The summed E-state index contributed by atoms with van der Waals surface area (Å²) in [6, 6.07) is 10.3. The summed E-state index contributed by atoms with van der Waals surface area (Å²) in [6.07, 6.45) is 4.12. The lowest BCUT2D eigenvalue weighted by molar-refractivity contribution is 0.567. The third kappa shape index (κ3) is 2.89. The Hall–Kier alpha value is -1.24. The monoisotopic (exact) mass is 147 g/mol. The molecule has 0 fully saturated rings. The minimum atomic E-state index is 1.24. The lowest BCUT2D eigenvalue weighted by Gasteiger charge is -2.02. The summed E-state index contributed by atoms with van der Waals surface area (Å²) in [6.45, 7) is 0. The Morgan fingerprint density at radius 2 is 1.73 bits per heavy atom. The third-order valence-corrected chi connectivity index (χ3v) is 1.36. The highest BCUT2D eigenvalue weighted by molar-refractivity contribution is 5.48. The normalized spacial score (nSPS) is 10.4. The van der Waals surface area contributed by atoms with E-state index in [1.54, 1.807) is 0 Å². The zero-order valence-corrected chi connectivity index (χ0v) is 6.99. The minimum absolute atomic E-state index is 1.24. The molecule has 1 rings (SSSR count). The van der Waals surface area contributed by atoms with Crippen LogP contribution in [0.15, 0.2) is 36.5 Å². The first-order valence-electron chi connectivity index (χ1n) is 3.69. The van der Waals surface area contributed by atoms with Crippen LogP contribution in [0.25, 0.3) is 6.08 Å². The van der Waals surface area contributed by atoms with Gasteiger partial charge in [0.1, 0.15) is 0 Å². The van der Waals surface area contributed by atoms with Crippen molar-refractivity contribution in [2.75, 3.05) is 14.1 Å². The molecule has 0 saturated carbocycles. The Labute approximate surface area is 68.0 Å². The Bertz CT molecular complexity index is 224. The number of nitrogens with zero attached hydrogens (tertiary/aromatic N) is 1. The molecular weight excluding hydrogens is 134 g/mol. The second-order valence-electron chi connectivity index (χ2n) is 2.69. The summed E-state index contributed by atoms with van der Waals surface area (Å²) >= 11 is 0. The lowest BCUT2D eigenvalue weighted by Crippen LogP contribution is -1.99. The first kappa shape index (κ1) is 7.86. The highest BCUT2D eigenvalue weighted by Gasteiger charge is 1.81. The average Bonchev–Trinajstić information content (AvgIpc) is 2.03. The molecule has 0 aliphatic heterocycles. The molecule has 1 aromatic carbocycles. The number of hydrogen-bond donors (Lipinski definition) is 0. The lowest BCUT2D eigenvalue weighted by atomic mass is 10.2. The largest absolute Gasteiger partial charge is 0.383 e. The molecule has 1 aromatic rings. The van der Waals surface area contributed by atoms with Gasteiger partial charge in [0, 0.05) is 14.1 Å². The Kier molecular flexibility index (Phi) is 2.73. The predicted molar refractivity (Wildman–Crippen MR) is 49.2 cm³/mol. The van der Waals surface area contributed by atoms with Gasteiger partial charge in [-0.25, -0.2) is 0 Å². The molecule has 0 radical (unpaired) electrons. The van der Waals surface area contributed by atoms with Crippen LogP contribution in [0.5, 0.6) is 0 Å². The molecule has 11 heavy (non-hydrogen) atoms. The van der Waals surface area contributed by atoms with Gasteiger partial charge < -0.3 is 4.90 Å². The SMILES string of the molecule is CN(C)/C=C/c1ccccc1. The van der Waals surface area contributed by atoms with E-state index in [2.05, 4.69) is 18.2 Å². The fourth-order valence-corrected chi connectivity index (χ4v) is 0.799. The maximum absolute atomic E-state index is 2.08. The highest BCUT2D eigenvalue weighted by Crippen LogP contribution is 2.00. The van der Waals surface area contributed by atoms with Gasteiger partial charge in [0.25, 0.3) is 0 Å². The van der Waals surface area contributed by atoms with Crippen LogP contribution in [0, 0.1) is 0 Å². The zero-order valence-electron chi connectivity index (χ0n) is 6.99. The number of hydrogen-bond acceptors (Lipinski definition) is 1. The molecule has 0 N–H and O–H groups in total. The van der Waals surface area contributed by atoms with E-state index in [1.807, 2.05) is 43.4 Å². The predicted octanol–water partition coefficient (Wildman–Crippen LogP) is 2.22. The van der Waals surface area contributed by atoms with Crippen LogP contribution in [-0.4, -0.2) is 19.0 Å². The molecule has 1 nitrogen and oxygen atoms in total. The van der Waals surface area contributed by atoms with Crippen molar-refractivity contribution in [3.8, 4) is 0 Å². The van der Waals surface area contributed by atoms with Crippen LogP contribution in [0.1, 0.15) is 5.56 Å². The van der Waals surface area contributed by atoms with Gasteiger partial charge in [0.05, 0.1) is 0 Å². The topological polar surface area (TPSA) is 3.24 Å². The summed E-state index contributed by atoms with van der Waals surface area (Å²) in [5.41, 5.74) is 1.24. The minimum Gasteiger partial charge on any atom is -0.383 e. The third-order valence-electron chi connectivity index (χ3n) is 1.36. The molecule has 0 spiro atoms. The van der Waals surface area contributed by atoms with Gasteiger partial charge in [-0.15, -0.1) is 0 Å². The van der Waals surface area contributed by atoms with Gasteiger partial charge in [-0.05, 0) is 17.8 Å². The van der Waals surface area contributed by atoms with Crippen LogP contribution in [0.4, 0.5) is 0 Å². The summed E-state index contributed by atoms with van der Waals surface area (Å²) in [5, 5.41) is 0. The highest BCUT2D eigenvalue weighted by atomic mass is 15.0. The molecule has 0 aliphatic carbocycles. The van der Waals surface area contributed by atoms with Crippen LogP contribution in [-0.2, 0) is 0 Å². The van der Waals surface area contributed by atoms with Crippen molar-refractivity contribution in [1.82, 2.24) is 4.90 Å². The molecular formula is C10H13N. The summed E-state index contributed by atoms with van der Waals surface area (Å²) in [4.78, 5) is 2.02. The fourth-order valence-electron chi connectivity index (χ4n) is 0.799. The zero-order chi connectivity index (χ0) is 8.10. The molecule has 0 aliphatic rings. The van der Waals surface area contributed by atoms with Crippen molar-refractivity contribution in [2.24, 2.45) is 0 Å². The summed E-state index contributed by atoms with van der Waals surface area (Å²) in [7, 11) is 4.03. The first-order chi connectivity index (χ1) is 5.29. The summed E-state index contributed by atoms with van der Waals surface area (Å²) in [5.74, 6) is 0. The van der Waals surface area contributed by atoms with Crippen molar-refractivity contribution in [2.45, 2.75) is 0 Å². The second-order valence-corrected chi connectivity index (χ2v) is 2.69. The van der Waals surface area contributed by atoms with E-state index in [4.69, 9.17) is 0 Å². The van der Waals surface area contributed by atoms with Crippen molar-refractivity contribution in [3.63, 3.8) is 0 Å². The van der Waals surface area contributed by atoms with Crippen molar-refractivity contribution >= 4 is 6.08 Å². The molecule has 0 heterocycles. The van der Waals surface area contributed by atoms with Crippen LogP contribution in [0.2, 0.25) is 0 Å². The van der Waals surface area contributed by atoms with E-state index in [1.165, 1.54) is 5.56 Å². The molecule has 0 aromatic heterocycles. The molecule has 0 unspecified atom stereocenters. The summed E-state index contributed by atoms with van der Waals surface area (Å²) < 4.78 is 0. The smallest absolute Gasteiger partial charge is 0.00556 e. The first-order valence-corrected chi connectivity index (χ1v) is 3.69. The standard InChI is InChI=1S/C10H13N/c1-11(2)9-8-10-6-4-3-5-7-10/h3-9H,1-2H3/b9-8+. The van der Waals surface area contributed by atoms with E-state index in [-0.39, 0.29) is 0 Å². The van der Waals surface area contributed by atoms with Crippen LogP contribution >= 0.6 is 0 Å². The molecule has 0 atom stereocenters.